The molecule has 68 heavy (non-hydrogen) atoms. The molecule has 3 aromatic heterocycles. The van der Waals surface area contributed by atoms with E-state index in [4.69, 9.17) is 0 Å². The predicted octanol–water partition coefficient (Wildman–Crippen LogP) is 14.4. The van der Waals surface area contributed by atoms with E-state index in [9.17, 15) is 4.79 Å². The molecule has 1 aliphatic heterocycles. The number of allylic oxidation sites excluding steroid dienone is 4. The van der Waals surface area contributed by atoms with Gasteiger partial charge in [-0.25, -0.2) is 0 Å². The standard InChI is InChI=1S/C61H78N6O/c1-10-14-42-66(43-15-11-2)55-26-20-47(21-27-55)18-24-49-30-32-51(62(49)6)34-36-53-38-40-57(64(53)8)59-46(5)60(61(59)68)58-41-39-54(65(58)9)37-35-52-33-31-50(63(52)7)25-19-48-22-28-56(29-23-48)67(44-16-12-3)45-17-13-4/h18-38,40,54H,10-17,39,41-45H2,1-9H3. The Morgan fingerprint density at radius 3 is 1.32 bits per heavy atom. The second kappa shape index (κ2) is 23.7. The Labute approximate surface area is 409 Å². The van der Waals surface area contributed by atoms with Gasteiger partial charge in [0.1, 0.15) is 0 Å². The number of Topliss-reactive ketones (excluding diaryl/α,β-unsaturated/α-hetero) is 1. The summed E-state index contributed by atoms with van der Waals surface area (Å²) in [5.74, 6) is 0.156. The number of likely N-dealkylation sites (tertiary alicyclic amines) is 1. The molecule has 7 heteroatoms. The van der Waals surface area contributed by atoms with Crippen LogP contribution in [0.5, 0.6) is 0 Å². The van der Waals surface area contributed by atoms with Gasteiger partial charge in [-0.3, -0.25) is 4.79 Å². The molecule has 7 nitrogen and oxygen atoms in total. The second-order valence-corrected chi connectivity index (χ2v) is 19.0. The maximum atomic E-state index is 14.0. The zero-order chi connectivity index (χ0) is 48.2. The van der Waals surface area contributed by atoms with E-state index < -0.39 is 0 Å². The van der Waals surface area contributed by atoms with Crippen LogP contribution in [0.15, 0.2) is 108 Å². The summed E-state index contributed by atoms with van der Waals surface area (Å²) in [6, 6.07) is 31.2. The van der Waals surface area contributed by atoms with Gasteiger partial charge in [0.15, 0.2) is 5.78 Å². The van der Waals surface area contributed by atoms with Crippen molar-refractivity contribution in [3.63, 3.8) is 0 Å². The molecule has 0 saturated carbocycles. The van der Waals surface area contributed by atoms with Crippen LogP contribution in [0.3, 0.4) is 0 Å². The van der Waals surface area contributed by atoms with E-state index in [1.54, 1.807) is 0 Å². The van der Waals surface area contributed by atoms with Crippen LogP contribution in [0.25, 0.3) is 48.1 Å². The van der Waals surface area contributed by atoms with Crippen molar-refractivity contribution in [3.05, 3.63) is 153 Å². The Bertz CT molecular complexity index is 2640. The molecule has 1 unspecified atom stereocenters. The number of anilines is 2. The van der Waals surface area contributed by atoms with Gasteiger partial charge < -0.3 is 28.4 Å². The van der Waals surface area contributed by atoms with E-state index in [-0.39, 0.29) is 11.8 Å². The number of carbonyl (C=O) groups is 1. The molecule has 7 rings (SSSR count). The summed E-state index contributed by atoms with van der Waals surface area (Å²) < 4.78 is 6.61. The lowest BCUT2D eigenvalue weighted by atomic mass is 9.79. The van der Waals surface area contributed by atoms with Crippen molar-refractivity contribution in [2.45, 2.75) is 105 Å². The number of likely N-dealkylation sites (N-methyl/N-ethyl adjacent to an activating group) is 1. The van der Waals surface area contributed by atoms with Gasteiger partial charge in [-0.05, 0) is 153 Å². The highest BCUT2D eigenvalue weighted by atomic mass is 16.1. The summed E-state index contributed by atoms with van der Waals surface area (Å²) in [5.41, 5.74) is 15.6. The third kappa shape index (κ3) is 11.5. The third-order valence-electron chi connectivity index (χ3n) is 14.4. The number of unbranched alkanes of at least 4 members (excludes halogenated alkanes) is 4. The molecule has 0 bridgehead atoms. The normalized spacial score (nSPS) is 16.6. The second-order valence-electron chi connectivity index (χ2n) is 19.0. The van der Waals surface area contributed by atoms with Gasteiger partial charge in [-0.1, -0.05) is 95.9 Å². The van der Waals surface area contributed by atoms with Crippen LogP contribution in [-0.2, 0) is 25.9 Å². The molecule has 358 valence electrons. The SMILES string of the molecule is CCCCN(CCCC)c1ccc(C=Cc2ccc(C=Cc3ccc(C4=C(C)C(=C5CCC(C=Cc6ccc(C=Cc7ccc(N(CCCC)CCCC)cc7)n6C)N5C)C4=O)n3C)n2C)cc1. The number of nitrogens with zero attached hydrogens (tertiary/aromatic N) is 6. The zero-order valence-corrected chi connectivity index (χ0v) is 42.8. The minimum absolute atomic E-state index is 0.156. The van der Waals surface area contributed by atoms with Crippen LogP contribution in [0.2, 0.25) is 0 Å². The number of carbonyl (C=O) groups excluding carboxylic acids is 1. The van der Waals surface area contributed by atoms with Crippen molar-refractivity contribution in [2.24, 2.45) is 21.1 Å². The van der Waals surface area contributed by atoms with Gasteiger partial charge in [0.05, 0.1) is 11.3 Å². The first-order valence-corrected chi connectivity index (χ1v) is 25.7. The molecule has 4 heterocycles. The van der Waals surface area contributed by atoms with Crippen molar-refractivity contribution < 1.29 is 4.79 Å². The zero-order valence-electron chi connectivity index (χ0n) is 42.8. The number of benzene rings is 2. The molecule has 0 N–H and O–H groups in total. The van der Waals surface area contributed by atoms with Crippen LogP contribution in [0.1, 0.15) is 144 Å². The van der Waals surface area contributed by atoms with Gasteiger partial charge in [0, 0.05) is 112 Å². The first-order valence-electron chi connectivity index (χ1n) is 25.7. The molecular weight excluding hydrogens is 833 g/mol. The minimum atomic E-state index is 0.156. The quantitative estimate of drug-likeness (QED) is 0.0613. The molecule has 1 saturated heterocycles. The van der Waals surface area contributed by atoms with E-state index in [1.165, 1.54) is 73.9 Å². The van der Waals surface area contributed by atoms with Gasteiger partial charge in [0.25, 0.3) is 0 Å². The first-order chi connectivity index (χ1) is 33.1. The molecule has 0 radical (unpaired) electrons. The molecule has 1 fully saturated rings. The van der Waals surface area contributed by atoms with Crippen molar-refractivity contribution >= 4 is 65.3 Å². The Morgan fingerprint density at radius 1 is 0.500 bits per heavy atom. The molecule has 1 aliphatic carbocycles. The smallest absolute Gasteiger partial charge is 0.197 e. The lowest BCUT2D eigenvalue weighted by Gasteiger charge is -2.30. The Balaban J connectivity index is 0.960. The fourth-order valence-corrected chi connectivity index (χ4v) is 9.74. The lowest BCUT2D eigenvalue weighted by molar-refractivity contribution is -0.111. The molecule has 2 aromatic carbocycles. The summed E-state index contributed by atoms with van der Waals surface area (Å²) >= 11 is 0. The average Bonchev–Trinajstić information content (AvgIpc) is 4.11. The molecule has 0 amide bonds. The summed E-state index contributed by atoms with van der Waals surface area (Å²) in [7, 11) is 8.45. The number of rotatable bonds is 23. The highest BCUT2D eigenvalue weighted by Crippen LogP contribution is 2.43. The highest BCUT2D eigenvalue weighted by Gasteiger charge is 2.38. The number of ketones is 1. The van der Waals surface area contributed by atoms with Gasteiger partial charge in [-0.2, -0.15) is 0 Å². The van der Waals surface area contributed by atoms with Crippen LogP contribution >= 0.6 is 0 Å². The Kier molecular flexibility index (Phi) is 17.3. The van der Waals surface area contributed by atoms with Gasteiger partial charge in [-0.15, -0.1) is 0 Å². The van der Waals surface area contributed by atoms with Crippen LogP contribution in [0, 0.1) is 0 Å². The van der Waals surface area contributed by atoms with E-state index >= 15 is 0 Å². The molecule has 2 aliphatic rings. The molecule has 1 atom stereocenters. The van der Waals surface area contributed by atoms with Crippen molar-refractivity contribution in [3.8, 4) is 0 Å². The largest absolute Gasteiger partial charge is 0.372 e. The van der Waals surface area contributed by atoms with E-state index in [1.807, 2.05) is 0 Å². The molecule has 5 aromatic rings. The van der Waals surface area contributed by atoms with Crippen LogP contribution < -0.4 is 9.80 Å². The first kappa shape index (κ1) is 49.7. The third-order valence-corrected chi connectivity index (χ3v) is 14.4. The summed E-state index contributed by atoms with van der Waals surface area (Å²) in [5, 5.41) is 0. The summed E-state index contributed by atoms with van der Waals surface area (Å²) in [6.07, 6.45) is 29.3. The highest BCUT2D eigenvalue weighted by molar-refractivity contribution is 6.39. The van der Waals surface area contributed by atoms with E-state index in [2.05, 4.69) is 225 Å². The monoisotopic (exact) mass is 911 g/mol. The van der Waals surface area contributed by atoms with E-state index in [0.29, 0.717) is 0 Å². The lowest BCUT2D eigenvalue weighted by Crippen LogP contribution is -2.28. The number of hydrogen-bond donors (Lipinski definition) is 0. The fraction of sp³-hybridized carbons (Fsp3) is 0.393. The molecular formula is C61H78N6O. The summed E-state index contributed by atoms with van der Waals surface area (Å²) in [6.45, 7) is 15.6. The van der Waals surface area contributed by atoms with Gasteiger partial charge in [0.2, 0.25) is 0 Å². The number of aromatic nitrogens is 3. The molecule has 0 spiro atoms. The topological polar surface area (TPSA) is 41.6 Å². The van der Waals surface area contributed by atoms with Crippen LogP contribution in [0.4, 0.5) is 11.4 Å². The van der Waals surface area contributed by atoms with Crippen molar-refractivity contribution in [1.82, 2.24) is 18.6 Å². The van der Waals surface area contributed by atoms with Crippen LogP contribution in [-0.4, -0.2) is 63.7 Å². The van der Waals surface area contributed by atoms with E-state index in [0.717, 1.165) is 95.6 Å². The van der Waals surface area contributed by atoms with Crippen molar-refractivity contribution in [2.75, 3.05) is 43.0 Å². The summed E-state index contributed by atoms with van der Waals surface area (Å²) in [4.78, 5) is 21.4. The minimum Gasteiger partial charge on any atom is -0.372 e. The predicted molar refractivity (Wildman–Crippen MR) is 294 cm³/mol. The number of hydrogen-bond acceptors (Lipinski definition) is 4. The maximum Gasteiger partial charge on any atom is 0.197 e. The average molecular weight is 911 g/mol. The van der Waals surface area contributed by atoms with Gasteiger partial charge >= 0.3 is 0 Å². The Hall–Kier alpha value is -6.21. The fourth-order valence-electron chi connectivity index (χ4n) is 9.74. The maximum absolute atomic E-state index is 14.0. The van der Waals surface area contributed by atoms with Crippen molar-refractivity contribution in [1.29, 1.82) is 0 Å². The Morgan fingerprint density at radius 2 is 0.897 bits per heavy atom.